The largest absolute Gasteiger partial charge is 0.507 e. The first-order valence-corrected chi connectivity index (χ1v) is 11.8. The number of nitrogens with one attached hydrogen (secondary N) is 1. The van der Waals surface area contributed by atoms with Crippen molar-refractivity contribution in [1.29, 1.82) is 0 Å². The van der Waals surface area contributed by atoms with Gasteiger partial charge in [-0.1, -0.05) is 6.07 Å². The molecule has 0 aliphatic carbocycles. The highest BCUT2D eigenvalue weighted by molar-refractivity contribution is 6.03. The number of nitrogens with zero attached hydrogens (tertiary/aromatic N) is 2. The lowest BCUT2D eigenvalue weighted by molar-refractivity contribution is 0.0748. The predicted octanol–water partition coefficient (Wildman–Crippen LogP) is 3.42. The average molecular weight is 494 g/mol. The smallest absolute Gasteiger partial charge is 0.258 e. The third kappa shape index (κ3) is 5.46. The number of carbonyl (C=O) groups is 2. The molecule has 2 heterocycles. The Balaban J connectivity index is 1.48. The highest BCUT2D eigenvalue weighted by Gasteiger charge is 2.29. The van der Waals surface area contributed by atoms with E-state index >= 15 is 0 Å². The van der Waals surface area contributed by atoms with E-state index in [0.29, 0.717) is 25.5 Å². The number of fused-ring (bicyclic) bond motifs is 1. The van der Waals surface area contributed by atoms with Gasteiger partial charge in [0.25, 0.3) is 11.8 Å². The minimum Gasteiger partial charge on any atom is -0.507 e. The summed E-state index contributed by atoms with van der Waals surface area (Å²) in [5, 5.41) is 23.9. The van der Waals surface area contributed by atoms with E-state index in [9.17, 15) is 19.8 Å². The van der Waals surface area contributed by atoms with Gasteiger partial charge in [-0.2, -0.15) is 0 Å². The Bertz CT molecular complexity index is 1270. The van der Waals surface area contributed by atoms with E-state index in [0.717, 1.165) is 41.7 Å². The van der Waals surface area contributed by atoms with Gasteiger partial charge in [0, 0.05) is 26.2 Å². The molecule has 190 valence electrons. The second-order valence-electron chi connectivity index (χ2n) is 8.96. The van der Waals surface area contributed by atoms with E-state index in [-0.39, 0.29) is 23.4 Å². The zero-order valence-corrected chi connectivity index (χ0v) is 20.7. The van der Waals surface area contributed by atoms with E-state index in [4.69, 9.17) is 9.15 Å². The number of furan rings is 1. The van der Waals surface area contributed by atoms with Crippen molar-refractivity contribution < 1.29 is 29.0 Å². The van der Waals surface area contributed by atoms with Gasteiger partial charge >= 0.3 is 0 Å². The summed E-state index contributed by atoms with van der Waals surface area (Å²) in [6.45, 7) is 4.18. The zero-order chi connectivity index (χ0) is 25.8. The van der Waals surface area contributed by atoms with Crippen LogP contribution < -0.4 is 10.1 Å². The van der Waals surface area contributed by atoms with Gasteiger partial charge in [0.1, 0.15) is 28.8 Å². The van der Waals surface area contributed by atoms with Crippen LogP contribution in [0, 0.1) is 6.92 Å². The fourth-order valence-corrected chi connectivity index (χ4v) is 4.21. The summed E-state index contributed by atoms with van der Waals surface area (Å²) in [7, 11) is 3.47. The van der Waals surface area contributed by atoms with Crippen molar-refractivity contribution in [2.75, 3.05) is 27.2 Å². The predicted molar refractivity (Wildman–Crippen MR) is 133 cm³/mol. The number of aryl methyl sites for hydroxylation is 1. The molecule has 3 N–H and O–H groups in total. The van der Waals surface area contributed by atoms with Crippen LogP contribution >= 0.6 is 0 Å². The highest BCUT2D eigenvalue weighted by atomic mass is 16.5. The van der Waals surface area contributed by atoms with Crippen LogP contribution in [0.1, 0.15) is 49.8 Å². The van der Waals surface area contributed by atoms with Crippen molar-refractivity contribution in [3.05, 3.63) is 76.2 Å². The van der Waals surface area contributed by atoms with Crippen molar-refractivity contribution >= 4 is 11.8 Å². The first kappa shape index (κ1) is 25.1. The summed E-state index contributed by atoms with van der Waals surface area (Å²) in [6, 6.07) is 11.6. The summed E-state index contributed by atoms with van der Waals surface area (Å²) in [6.07, 6.45) is 0.885. The molecule has 0 unspecified atom stereocenters. The van der Waals surface area contributed by atoms with Crippen LogP contribution in [0.3, 0.4) is 0 Å². The molecule has 0 bridgehead atoms. The third-order valence-electron chi connectivity index (χ3n) is 6.14. The molecular formula is C27H31N3O6. The third-order valence-corrected chi connectivity index (χ3v) is 6.14. The van der Waals surface area contributed by atoms with Gasteiger partial charge in [-0.25, -0.2) is 0 Å². The molecule has 0 atom stereocenters. The topological polar surface area (TPSA) is 115 Å². The minimum atomic E-state index is -0.500. The standard InChI is InChI=1S/C27H31N3O6/c1-17-5-7-21(36-17)16-29(3)26(33)22-12-23(25(32)13-24(22)31)27(34)30-14-18-6-8-20(11-19(18)15-30)35-10-4-9-28-2/h5-8,11-13,28,31-32H,4,9-10,14-16H2,1-3H3. The molecule has 36 heavy (non-hydrogen) atoms. The molecule has 0 radical (unpaired) electrons. The average Bonchev–Trinajstić information content (AvgIpc) is 3.46. The van der Waals surface area contributed by atoms with Gasteiger partial charge in [-0.15, -0.1) is 0 Å². The lowest BCUT2D eigenvalue weighted by Crippen LogP contribution is -2.28. The maximum Gasteiger partial charge on any atom is 0.258 e. The Hall–Kier alpha value is -3.98. The number of amides is 2. The maximum absolute atomic E-state index is 13.3. The van der Waals surface area contributed by atoms with E-state index in [1.165, 1.54) is 11.0 Å². The summed E-state index contributed by atoms with van der Waals surface area (Å²) in [5.74, 6) is 0.348. The first-order chi connectivity index (χ1) is 17.3. The van der Waals surface area contributed by atoms with E-state index in [2.05, 4.69) is 5.32 Å². The molecule has 1 aromatic heterocycles. The number of phenolic OH excluding ortho intramolecular Hbond substituents is 2. The lowest BCUT2D eigenvalue weighted by atomic mass is 10.1. The molecule has 1 aliphatic heterocycles. The Morgan fingerprint density at radius 1 is 1.06 bits per heavy atom. The summed E-state index contributed by atoms with van der Waals surface area (Å²) in [4.78, 5) is 29.3. The first-order valence-electron chi connectivity index (χ1n) is 11.8. The quantitative estimate of drug-likeness (QED) is 0.391. The summed E-state index contributed by atoms with van der Waals surface area (Å²) < 4.78 is 11.3. The number of hydrogen-bond donors (Lipinski definition) is 3. The molecule has 0 spiro atoms. The van der Waals surface area contributed by atoms with Gasteiger partial charge in [-0.05, 0) is 68.4 Å². The van der Waals surface area contributed by atoms with Gasteiger partial charge in [-0.3, -0.25) is 9.59 Å². The monoisotopic (exact) mass is 493 g/mol. The SMILES string of the molecule is CNCCCOc1ccc2c(c1)CN(C(=O)c1cc(C(=O)N(C)Cc3ccc(C)o3)c(O)cc1O)C2. The van der Waals surface area contributed by atoms with Crippen LogP contribution in [0.15, 0.2) is 46.9 Å². The van der Waals surface area contributed by atoms with Crippen molar-refractivity contribution in [2.45, 2.75) is 33.0 Å². The number of phenols is 2. The highest BCUT2D eigenvalue weighted by Crippen LogP contribution is 2.33. The van der Waals surface area contributed by atoms with Crippen molar-refractivity contribution in [2.24, 2.45) is 0 Å². The molecule has 1 aliphatic rings. The molecule has 2 aromatic carbocycles. The molecule has 0 fully saturated rings. The molecule has 3 aromatic rings. The minimum absolute atomic E-state index is 0.0465. The number of hydrogen-bond acceptors (Lipinski definition) is 7. The van der Waals surface area contributed by atoms with Crippen LogP contribution in [-0.4, -0.2) is 59.1 Å². The fraction of sp³-hybridized carbons (Fsp3) is 0.333. The number of benzene rings is 2. The molecule has 9 heteroatoms. The second-order valence-corrected chi connectivity index (χ2v) is 8.96. The van der Waals surface area contributed by atoms with Crippen molar-refractivity contribution in [3.63, 3.8) is 0 Å². The van der Waals surface area contributed by atoms with Crippen LogP contribution in [0.4, 0.5) is 0 Å². The lowest BCUT2D eigenvalue weighted by Gasteiger charge is -2.19. The number of rotatable bonds is 9. The van der Waals surface area contributed by atoms with E-state index in [1.807, 2.05) is 32.2 Å². The van der Waals surface area contributed by atoms with Crippen LogP contribution in [-0.2, 0) is 19.6 Å². The van der Waals surface area contributed by atoms with Crippen molar-refractivity contribution in [1.82, 2.24) is 15.1 Å². The molecule has 0 saturated heterocycles. The molecule has 4 rings (SSSR count). The Labute approximate surface area is 209 Å². The normalized spacial score (nSPS) is 12.5. The molecule has 0 saturated carbocycles. The molecule has 9 nitrogen and oxygen atoms in total. The number of carbonyl (C=O) groups excluding carboxylic acids is 2. The molecule has 2 amide bonds. The fourth-order valence-electron chi connectivity index (χ4n) is 4.21. The van der Waals surface area contributed by atoms with Crippen LogP contribution in [0.2, 0.25) is 0 Å². The summed E-state index contributed by atoms with van der Waals surface area (Å²) >= 11 is 0. The van der Waals surface area contributed by atoms with Gasteiger partial charge < -0.3 is 34.5 Å². The Morgan fingerprint density at radius 2 is 1.81 bits per heavy atom. The van der Waals surface area contributed by atoms with E-state index < -0.39 is 17.6 Å². The van der Waals surface area contributed by atoms with Crippen LogP contribution in [0.25, 0.3) is 0 Å². The second kappa shape index (κ2) is 10.7. The van der Waals surface area contributed by atoms with Gasteiger partial charge in [0.15, 0.2) is 0 Å². The number of ether oxygens (including phenoxy) is 1. The molecular weight excluding hydrogens is 462 g/mol. The van der Waals surface area contributed by atoms with E-state index in [1.54, 1.807) is 24.1 Å². The van der Waals surface area contributed by atoms with Gasteiger partial charge in [0.05, 0.1) is 24.3 Å². The number of aromatic hydroxyl groups is 2. The Kier molecular flexibility index (Phi) is 7.49. The van der Waals surface area contributed by atoms with Crippen molar-refractivity contribution in [3.8, 4) is 17.2 Å². The van der Waals surface area contributed by atoms with Crippen LogP contribution in [0.5, 0.6) is 17.2 Å². The Morgan fingerprint density at radius 3 is 2.53 bits per heavy atom. The summed E-state index contributed by atoms with van der Waals surface area (Å²) in [5.41, 5.74) is 1.84. The zero-order valence-electron chi connectivity index (χ0n) is 20.7. The van der Waals surface area contributed by atoms with Gasteiger partial charge in [0.2, 0.25) is 0 Å². The maximum atomic E-state index is 13.3.